The molecule has 1 aromatic rings. The molecule has 124 valence electrons. The molecule has 1 atom stereocenters. The molecule has 1 aromatic carbocycles. The maximum Gasteiger partial charge on any atom is 0.225 e. The Morgan fingerprint density at radius 3 is 2.73 bits per heavy atom. The summed E-state index contributed by atoms with van der Waals surface area (Å²) in [5.41, 5.74) is 6.43. The lowest BCUT2D eigenvalue weighted by Crippen LogP contribution is -2.40. The highest BCUT2D eigenvalue weighted by molar-refractivity contribution is 5.90. The van der Waals surface area contributed by atoms with Gasteiger partial charge in [0.2, 0.25) is 5.91 Å². The molecule has 0 spiro atoms. The van der Waals surface area contributed by atoms with E-state index in [4.69, 9.17) is 5.73 Å². The van der Waals surface area contributed by atoms with E-state index in [0.717, 1.165) is 32.5 Å². The summed E-state index contributed by atoms with van der Waals surface area (Å²) in [7, 11) is 0. The number of rotatable bonds is 5. The van der Waals surface area contributed by atoms with E-state index in [-0.39, 0.29) is 30.2 Å². The van der Waals surface area contributed by atoms with Gasteiger partial charge in [0.1, 0.15) is 5.82 Å². The number of carbonyl (C=O) groups excluding carboxylic acids is 1. The molecule has 1 aliphatic heterocycles. The van der Waals surface area contributed by atoms with Gasteiger partial charge < -0.3 is 16.0 Å². The van der Waals surface area contributed by atoms with Gasteiger partial charge in [-0.25, -0.2) is 4.39 Å². The van der Waals surface area contributed by atoms with Crippen molar-refractivity contribution in [2.75, 3.05) is 25.0 Å². The summed E-state index contributed by atoms with van der Waals surface area (Å²) in [6.45, 7) is 4.80. The van der Waals surface area contributed by atoms with E-state index in [0.29, 0.717) is 18.0 Å². The Kier molecular flexibility index (Phi) is 7.79. The average Bonchev–Trinajstić information content (AvgIpc) is 2.45. The highest BCUT2D eigenvalue weighted by Gasteiger charge is 2.21. The number of amides is 1. The van der Waals surface area contributed by atoms with Crippen molar-refractivity contribution in [1.82, 2.24) is 4.90 Å². The number of carbonyl (C=O) groups is 1. The molecule has 1 amide bonds. The van der Waals surface area contributed by atoms with Crippen LogP contribution >= 0.6 is 12.4 Å². The Hall–Kier alpha value is -1.17. The van der Waals surface area contributed by atoms with E-state index in [2.05, 4.69) is 17.1 Å². The Morgan fingerprint density at radius 1 is 1.45 bits per heavy atom. The molecule has 0 aromatic heterocycles. The molecule has 6 heteroatoms. The van der Waals surface area contributed by atoms with Crippen molar-refractivity contribution in [3.8, 4) is 0 Å². The smallest absolute Gasteiger partial charge is 0.225 e. The first-order chi connectivity index (χ1) is 10.0. The van der Waals surface area contributed by atoms with Crippen molar-refractivity contribution in [3.05, 3.63) is 30.1 Å². The molecule has 1 aliphatic rings. The predicted octanol–water partition coefficient (Wildman–Crippen LogP) is 2.64. The summed E-state index contributed by atoms with van der Waals surface area (Å²) in [5, 5.41) is 2.72. The van der Waals surface area contributed by atoms with Crippen LogP contribution in [-0.2, 0) is 4.79 Å². The van der Waals surface area contributed by atoms with E-state index in [1.54, 1.807) is 12.1 Å². The van der Waals surface area contributed by atoms with Crippen LogP contribution in [0.3, 0.4) is 0 Å². The van der Waals surface area contributed by atoms with Crippen molar-refractivity contribution in [3.63, 3.8) is 0 Å². The van der Waals surface area contributed by atoms with Gasteiger partial charge in [0.05, 0.1) is 0 Å². The van der Waals surface area contributed by atoms with Crippen molar-refractivity contribution in [2.24, 2.45) is 11.7 Å². The molecule has 4 nitrogen and oxygen atoms in total. The second-order valence-electron chi connectivity index (χ2n) is 5.85. The number of benzene rings is 1. The second-order valence-corrected chi connectivity index (χ2v) is 5.85. The van der Waals surface area contributed by atoms with Gasteiger partial charge in [-0.2, -0.15) is 0 Å². The Morgan fingerprint density at radius 2 is 2.14 bits per heavy atom. The van der Waals surface area contributed by atoms with Crippen LogP contribution in [0.25, 0.3) is 0 Å². The number of hydrogen-bond acceptors (Lipinski definition) is 3. The van der Waals surface area contributed by atoms with Gasteiger partial charge in [-0.1, -0.05) is 6.07 Å². The molecular formula is C16H25ClFN3O. The first kappa shape index (κ1) is 18.9. The minimum absolute atomic E-state index is 0. The van der Waals surface area contributed by atoms with Crippen LogP contribution in [0, 0.1) is 11.7 Å². The lowest BCUT2D eigenvalue weighted by Gasteiger charge is -2.33. The van der Waals surface area contributed by atoms with Gasteiger partial charge >= 0.3 is 0 Å². The number of hydrogen-bond donors (Lipinski definition) is 2. The normalized spacial score (nSPS) is 17.6. The van der Waals surface area contributed by atoms with Crippen LogP contribution in [0.5, 0.6) is 0 Å². The van der Waals surface area contributed by atoms with Gasteiger partial charge in [-0.05, 0) is 57.0 Å². The standard InChI is InChI=1S/C16H24FN3O.ClH/c1-12(18)13-5-8-20(9-6-13)10-7-16(21)19-15-4-2-3-14(17)11-15;/h2-4,11-13H,5-10,18H2,1H3,(H,19,21);1H. The zero-order valence-electron chi connectivity index (χ0n) is 12.9. The van der Waals surface area contributed by atoms with Crippen LogP contribution < -0.4 is 11.1 Å². The monoisotopic (exact) mass is 329 g/mol. The zero-order valence-corrected chi connectivity index (χ0v) is 13.7. The third kappa shape index (κ3) is 5.91. The predicted molar refractivity (Wildman–Crippen MR) is 89.7 cm³/mol. The van der Waals surface area contributed by atoms with Crippen molar-refractivity contribution < 1.29 is 9.18 Å². The largest absolute Gasteiger partial charge is 0.328 e. The van der Waals surface area contributed by atoms with Crippen molar-refractivity contribution in [2.45, 2.75) is 32.2 Å². The lowest BCUT2D eigenvalue weighted by atomic mass is 9.91. The fourth-order valence-electron chi connectivity index (χ4n) is 2.75. The van der Waals surface area contributed by atoms with Gasteiger partial charge in [0, 0.05) is 24.7 Å². The molecule has 0 aliphatic carbocycles. The van der Waals surface area contributed by atoms with Crippen molar-refractivity contribution in [1.29, 1.82) is 0 Å². The molecule has 1 unspecified atom stereocenters. The van der Waals surface area contributed by atoms with Gasteiger partial charge in [-0.15, -0.1) is 12.4 Å². The van der Waals surface area contributed by atoms with E-state index < -0.39 is 0 Å². The summed E-state index contributed by atoms with van der Waals surface area (Å²) in [6.07, 6.45) is 2.63. The fourth-order valence-corrected chi connectivity index (χ4v) is 2.75. The SMILES string of the molecule is CC(N)C1CCN(CCC(=O)Nc2cccc(F)c2)CC1.Cl. The van der Waals surface area contributed by atoms with Gasteiger partial charge in [-0.3, -0.25) is 4.79 Å². The maximum absolute atomic E-state index is 13.0. The topological polar surface area (TPSA) is 58.4 Å². The summed E-state index contributed by atoms with van der Waals surface area (Å²) >= 11 is 0. The van der Waals surface area contributed by atoms with E-state index >= 15 is 0 Å². The maximum atomic E-state index is 13.0. The van der Waals surface area contributed by atoms with Crippen LogP contribution in [0.2, 0.25) is 0 Å². The molecule has 0 bridgehead atoms. The number of anilines is 1. The molecular weight excluding hydrogens is 305 g/mol. The second kappa shape index (κ2) is 9.08. The van der Waals surface area contributed by atoms with E-state index in [1.165, 1.54) is 12.1 Å². The third-order valence-electron chi connectivity index (χ3n) is 4.14. The van der Waals surface area contributed by atoms with Crippen LogP contribution in [0.1, 0.15) is 26.2 Å². The molecule has 1 saturated heterocycles. The molecule has 2 rings (SSSR count). The van der Waals surface area contributed by atoms with Crippen LogP contribution in [-0.4, -0.2) is 36.5 Å². The fraction of sp³-hybridized carbons (Fsp3) is 0.562. The number of nitrogens with zero attached hydrogens (tertiary/aromatic N) is 1. The van der Waals surface area contributed by atoms with Crippen molar-refractivity contribution >= 4 is 24.0 Å². The number of likely N-dealkylation sites (tertiary alicyclic amines) is 1. The molecule has 0 saturated carbocycles. The first-order valence-electron chi connectivity index (χ1n) is 7.58. The highest BCUT2D eigenvalue weighted by atomic mass is 35.5. The highest BCUT2D eigenvalue weighted by Crippen LogP contribution is 2.19. The third-order valence-corrected chi connectivity index (χ3v) is 4.14. The minimum atomic E-state index is -0.342. The number of nitrogens with one attached hydrogen (secondary N) is 1. The zero-order chi connectivity index (χ0) is 15.2. The number of piperidine rings is 1. The summed E-state index contributed by atoms with van der Waals surface area (Å²) in [6, 6.07) is 6.21. The molecule has 3 N–H and O–H groups in total. The summed E-state index contributed by atoms with van der Waals surface area (Å²) < 4.78 is 13.0. The first-order valence-corrected chi connectivity index (χ1v) is 7.58. The summed E-state index contributed by atoms with van der Waals surface area (Å²) in [4.78, 5) is 14.2. The molecule has 0 radical (unpaired) electrons. The van der Waals surface area contributed by atoms with E-state index in [1.807, 2.05) is 0 Å². The Labute approximate surface area is 137 Å². The molecule has 1 fully saturated rings. The van der Waals surface area contributed by atoms with E-state index in [9.17, 15) is 9.18 Å². The Balaban J connectivity index is 0.00000242. The van der Waals surface area contributed by atoms with Crippen LogP contribution in [0.15, 0.2) is 24.3 Å². The lowest BCUT2D eigenvalue weighted by molar-refractivity contribution is -0.116. The van der Waals surface area contributed by atoms with Crippen LogP contribution in [0.4, 0.5) is 10.1 Å². The Bertz CT molecular complexity index is 476. The summed E-state index contributed by atoms with van der Waals surface area (Å²) in [5.74, 6) is 0.183. The van der Waals surface area contributed by atoms with Gasteiger partial charge in [0.25, 0.3) is 0 Å². The minimum Gasteiger partial charge on any atom is -0.328 e. The number of halogens is 2. The average molecular weight is 330 g/mol. The molecule has 1 heterocycles. The van der Waals surface area contributed by atoms with Gasteiger partial charge in [0.15, 0.2) is 0 Å². The quantitative estimate of drug-likeness (QED) is 0.873. The molecule has 22 heavy (non-hydrogen) atoms. The number of nitrogens with two attached hydrogens (primary N) is 1.